The van der Waals surface area contributed by atoms with Gasteiger partial charge >= 0.3 is 0 Å². The summed E-state index contributed by atoms with van der Waals surface area (Å²) >= 11 is 1.58. The van der Waals surface area contributed by atoms with Gasteiger partial charge in [-0.1, -0.05) is 23.8 Å². The fourth-order valence-corrected chi connectivity index (χ4v) is 4.56. The molecule has 4 rings (SSSR count). The van der Waals surface area contributed by atoms with Gasteiger partial charge in [0.1, 0.15) is 5.56 Å². The molecule has 7 heteroatoms. The standard InChI is InChI=1S/C24H28N4O2S/c1-17-5-8-20(9-6-17)28-13-11-27(12-14-28)16-19-7-10-21(24(30)26-19)23(29)25-18(2)22-4-3-15-31-22/h3-10,15,18H,11-14,16H2,1-2H3,(H,25,29)(H,26,30). The molecule has 1 amide bonds. The Balaban J connectivity index is 1.33. The molecular weight excluding hydrogens is 408 g/mol. The van der Waals surface area contributed by atoms with Gasteiger partial charge in [-0.2, -0.15) is 0 Å². The summed E-state index contributed by atoms with van der Waals surface area (Å²) in [5, 5.41) is 4.87. The molecule has 1 fully saturated rings. The SMILES string of the molecule is Cc1ccc(N2CCN(Cc3ccc(C(=O)NC(C)c4cccs4)c(=O)[nH]3)CC2)cc1. The van der Waals surface area contributed by atoms with E-state index in [9.17, 15) is 9.59 Å². The number of rotatable bonds is 6. The molecule has 0 aliphatic carbocycles. The Hall–Kier alpha value is -2.90. The van der Waals surface area contributed by atoms with Gasteiger partial charge in [-0.25, -0.2) is 0 Å². The Morgan fingerprint density at radius 2 is 1.84 bits per heavy atom. The number of nitrogens with one attached hydrogen (secondary N) is 2. The largest absolute Gasteiger partial charge is 0.369 e. The fraction of sp³-hybridized carbons (Fsp3) is 0.333. The molecule has 1 aliphatic heterocycles. The lowest BCUT2D eigenvalue weighted by Gasteiger charge is -2.36. The number of aryl methyl sites for hydroxylation is 1. The number of hydrogen-bond acceptors (Lipinski definition) is 5. The molecule has 3 heterocycles. The van der Waals surface area contributed by atoms with Gasteiger partial charge in [0, 0.05) is 49.0 Å². The molecule has 0 radical (unpaired) electrons. The second-order valence-corrected chi connectivity index (χ2v) is 9.01. The van der Waals surface area contributed by atoms with Crippen molar-refractivity contribution in [2.24, 2.45) is 0 Å². The smallest absolute Gasteiger partial charge is 0.261 e. The van der Waals surface area contributed by atoms with E-state index in [1.165, 1.54) is 11.3 Å². The van der Waals surface area contributed by atoms with Crippen molar-refractivity contribution in [1.82, 2.24) is 15.2 Å². The van der Waals surface area contributed by atoms with Gasteiger partial charge in [0.15, 0.2) is 0 Å². The zero-order chi connectivity index (χ0) is 21.8. The number of anilines is 1. The molecule has 1 saturated heterocycles. The molecule has 0 bridgehead atoms. The summed E-state index contributed by atoms with van der Waals surface area (Å²) in [4.78, 5) is 33.7. The van der Waals surface area contributed by atoms with Crippen LogP contribution >= 0.6 is 11.3 Å². The van der Waals surface area contributed by atoms with Crippen LogP contribution in [0, 0.1) is 6.92 Å². The zero-order valence-electron chi connectivity index (χ0n) is 17.9. The molecule has 6 nitrogen and oxygen atoms in total. The van der Waals surface area contributed by atoms with Gasteiger partial charge < -0.3 is 15.2 Å². The Bertz CT molecular complexity index is 1070. The third-order valence-corrected chi connectivity index (χ3v) is 6.75. The highest BCUT2D eigenvalue weighted by Crippen LogP contribution is 2.19. The number of piperazine rings is 1. The molecule has 0 spiro atoms. The minimum atomic E-state index is -0.347. The van der Waals surface area contributed by atoms with Crippen molar-refractivity contribution in [2.45, 2.75) is 26.4 Å². The van der Waals surface area contributed by atoms with Crippen LogP contribution in [-0.2, 0) is 6.54 Å². The maximum absolute atomic E-state index is 12.5. The summed E-state index contributed by atoms with van der Waals surface area (Å²) in [6.45, 7) is 8.45. The summed E-state index contributed by atoms with van der Waals surface area (Å²) in [5.41, 5.74) is 3.16. The molecule has 162 valence electrons. The van der Waals surface area contributed by atoms with Crippen molar-refractivity contribution in [1.29, 1.82) is 0 Å². The lowest BCUT2D eigenvalue weighted by atomic mass is 10.2. The minimum absolute atomic E-state index is 0.128. The Kier molecular flexibility index (Phi) is 6.53. The Morgan fingerprint density at radius 3 is 2.48 bits per heavy atom. The van der Waals surface area contributed by atoms with E-state index >= 15 is 0 Å². The molecule has 1 atom stereocenters. The van der Waals surface area contributed by atoms with E-state index in [0.29, 0.717) is 6.54 Å². The van der Waals surface area contributed by atoms with Gasteiger partial charge in [0.2, 0.25) is 0 Å². The molecule has 2 N–H and O–H groups in total. The van der Waals surface area contributed by atoms with Crippen LogP contribution < -0.4 is 15.8 Å². The number of aromatic nitrogens is 1. The summed E-state index contributed by atoms with van der Waals surface area (Å²) in [6.07, 6.45) is 0. The second-order valence-electron chi connectivity index (χ2n) is 8.04. The van der Waals surface area contributed by atoms with Gasteiger partial charge in [-0.05, 0) is 49.6 Å². The average molecular weight is 437 g/mol. The molecule has 2 aromatic heterocycles. The summed E-state index contributed by atoms with van der Waals surface area (Å²) in [6, 6.07) is 15.9. The number of hydrogen-bond donors (Lipinski definition) is 2. The molecule has 0 saturated carbocycles. The van der Waals surface area contributed by atoms with Crippen molar-refractivity contribution in [3.8, 4) is 0 Å². The quantitative estimate of drug-likeness (QED) is 0.620. The van der Waals surface area contributed by atoms with E-state index < -0.39 is 0 Å². The van der Waals surface area contributed by atoms with Crippen LogP contribution in [0.15, 0.2) is 58.7 Å². The van der Waals surface area contributed by atoms with E-state index in [1.54, 1.807) is 17.4 Å². The third kappa shape index (κ3) is 5.24. The van der Waals surface area contributed by atoms with E-state index in [0.717, 1.165) is 36.8 Å². The highest BCUT2D eigenvalue weighted by Gasteiger charge is 2.19. The van der Waals surface area contributed by atoms with Crippen LogP contribution in [0.5, 0.6) is 0 Å². The van der Waals surface area contributed by atoms with Crippen LogP contribution in [0.25, 0.3) is 0 Å². The van der Waals surface area contributed by atoms with Crippen LogP contribution in [0.4, 0.5) is 5.69 Å². The molecule has 1 aromatic carbocycles. The number of thiophene rings is 1. The summed E-state index contributed by atoms with van der Waals surface area (Å²) in [5.74, 6) is -0.347. The maximum atomic E-state index is 12.5. The summed E-state index contributed by atoms with van der Waals surface area (Å²) in [7, 11) is 0. The summed E-state index contributed by atoms with van der Waals surface area (Å²) < 4.78 is 0. The first kappa shape index (κ1) is 21.3. The molecule has 1 unspecified atom stereocenters. The van der Waals surface area contributed by atoms with Crippen LogP contribution in [0.1, 0.15) is 39.5 Å². The molecule has 3 aromatic rings. The third-order valence-electron chi connectivity index (χ3n) is 5.70. The number of carbonyl (C=O) groups is 1. The normalized spacial score (nSPS) is 15.6. The van der Waals surface area contributed by atoms with E-state index in [1.807, 2.05) is 30.5 Å². The van der Waals surface area contributed by atoms with Gasteiger partial charge in [0.05, 0.1) is 6.04 Å². The number of carbonyl (C=O) groups excluding carboxylic acids is 1. The predicted molar refractivity (Wildman–Crippen MR) is 126 cm³/mol. The van der Waals surface area contributed by atoms with E-state index in [-0.39, 0.29) is 23.1 Å². The van der Waals surface area contributed by atoms with Gasteiger partial charge in [0.25, 0.3) is 11.5 Å². The zero-order valence-corrected chi connectivity index (χ0v) is 18.7. The lowest BCUT2D eigenvalue weighted by molar-refractivity contribution is 0.0939. The van der Waals surface area contributed by atoms with Gasteiger partial charge in [-0.3, -0.25) is 14.5 Å². The lowest BCUT2D eigenvalue weighted by Crippen LogP contribution is -2.46. The second kappa shape index (κ2) is 9.49. The Labute approximate surface area is 186 Å². The maximum Gasteiger partial charge on any atom is 0.261 e. The first-order valence-electron chi connectivity index (χ1n) is 10.6. The minimum Gasteiger partial charge on any atom is -0.369 e. The van der Waals surface area contributed by atoms with Crippen LogP contribution in [0.2, 0.25) is 0 Å². The van der Waals surface area contributed by atoms with Crippen molar-refractivity contribution < 1.29 is 4.79 Å². The molecule has 1 aliphatic rings. The number of aromatic amines is 1. The van der Waals surface area contributed by atoms with Crippen molar-refractivity contribution in [3.05, 3.63) is 86.0 Å². The van der Waals surface area contributed by atoms with E-state index in [4.69, 9.17) is 0 Å². The fourth-order valence-electron chi connectivity index (χ4n) is 3.83. The highest BCUT2D eigenvalue weighted by molar-refractivity contribution is 7.10. The molecule has 31 heavy (non-hydrogen) atoms. The first-order chi connectivity index (χ1) is 15.0. The van der Waals surface area contributed by atoms with Crippen LogP contribution in [-0.4, -0.2) is 42.0 Å². The molecular formula is C24H28N4O2S. The number of amides is 1. The number of benzene rings is 1. The van der Waals surface area contributed by atoms with Crippen molar-refractivity contribution in [3.63, 3.8) is 0 Å². The highest BCUT2D eigenvalue weighted by atomic mass is 32.1. The number of pyridine rings is 1. The van der Waals surface area contributed by atoms with Gasteiger partial charge in [-0.15, -0.1) is 11.3 Å². The van der Waals surface area contributed by atoms with Crippen molar-refractivity contribution in [2.75, 3.05) is 31.1 Å². The predicted octanol–water partition coefficient (Wildman–Crippen LogP) is 3.56. The van der Waals surface area contributed by atoms with E-state index in [2.05, 4.69) is 51.3 Å². The Morgan fingerprint density at radius 1 is 1.10 bits per heavy atom. The number of H-pyrrole nitrogens is 1. The van der Waals surface area contributed by atoms with Crippen LogP contribution in [0.3, 0.4) is 0 Å². The number of nitrogens with zero attached hydrogens (tertiary/aromatic N) is 2. The van der Waals surface area contributed by atoms with Crippen molar-refractivity contribution >= 4 is 22.9 Å². The average Bonchev–Trinajstić information content (AvgIpc) is 3.30. The topological polar surface area (TPSA) is 68.4 Å². The first-order valence-corrected chi connectivity index (χ1v) is 11.5. The monoisotopic (exact) mass is 436 g/mol.